The molecule has 0 radical (unpaired) electrons. The monoisotopic (exact) mass is 329 g/mol. The lowest BCUT2D eigenvalue weighted by molar-refractivity contribution is -0.138. The van der Waals surface area contributed by atoms with E-state index in [-0.39, 0.29) is 11.1 Å². The van der Waals surface area contributed by atoms with Gasteiger partial charge in [0, 0.05) is 11.9 Å². The van der Waals surface area contributed by atoms with Gasteiger partial charge in [-0.2, -0.15) is 13.2 Å². The molecule has 0 atom stereocenters. The smallest absolute Gasteiger partial charge is 0.398 e. The molecule has 3 N–H and O–H groups in total. The van der Waals surface area contributed by atoms with Gasteiger partial charge in [0.25, 0.3) is 5.56 Å². The summed E-state index contributed by atoms with van der Waals surface area (Å²) in [6.07, 6.45) is -3.15. The molecule has 1 heterocycles. The molecule has 0 aliphatic carbocycles. The van der Waals surface area contributed by atoms with E-state index in [1.165, 1.54) is 12.3 Å². The van der Waals surface area contributed by atoms with Gasteiger partial charge in [-0.05, 0) is 17.5 Å². The number of halogens is 3. The molecule has 0 spiro atoms. The number of carbonyl (C=O) groups excluding carboxylic acids is 1. The minimum Gasteiger partial charge on any atom is -0.398 e. The highest BCUT2D eigenvalue weighted by atomic mass is 19.4. The van der Waals surface area contributed by atoms with Crippen LogP contribution < -0.4 is 16.6 Å². The number of rotatable bonds is 3. The zero-order valence-electron chi connectivity index (χ0n) is 12.8. The molecule has 0 saturated heterocycles. The number of hydrogen-bond acceptors (Lipinski definition) is 3. The van der Waals surface area contributed by atoms with Gasteiger partial charge >= 0.3 is 6.18 Å². The molecule has 0 saturated carbocycles. The maximum atomic E-state index is 12.2. The Bertz CT molecular complexity index is 739. The predicted octanol–water partition coefficient (Wildman–Crippen LogP) is 2.29. The summed E-state index contributed by atoms with van der Waals surface area (Å²) in [6.45, 7) is 2.06. The number of hydrogen-bond donors (Lipinski definition) is 2. The van der Waals surface area contributed by atoms with Gasteiger partial charge in [0.2, 0.25) is 5.91 Å². The second kappa shape index (κ2) is 7.66. The second-order valence-electron chi connectivity index (χ2n) is 4.45. The lowest BCUT2D eigenvalue weighted by Crippen LogP contribution is -2.37. The number of fused-ring (bicyclic) bond motifs is 1. The Kier molecular flexibility index (Phi) is 6.18. The molecule has 0 fully saturated rings. The molecule has 1 amide bonds. The molecule has 1 aromatic heterocycles. The molecule has 5 nitrogen and oxygen atoms in total. The zero-order valence-corrected chi connectivity index (χ0v) is 12.8. The van der Waals surface area contributed by atoms with E-state index in [0.717, 1.165) is 4.57 Å². The largest absolute Gasteiger partial charge is 0.405 e. The number of anilines is 1. The van der Waals surface area contributed by atoms with Crippen LogP contribution >= 0.6 is 0 Å². The number of pyridine rings is 1. The third-order valence-corrected chi connectivity index (χ3v) is 2.84. The molecular weight excluding hydrogens is 311 g/mol. The first-order valence-corrected chi connectivity index (χ1v) is 6.99. The van der Waals surface area contributed by atoms with Gasteiger partial charge in [-0.15, -0.1) is 0 Å². The number of nitrogens with one attached hydrogen (secondary N) is 1. The van der Waals surface area contributed by atoms with Gasteiger partial charge in [-0.25, -0.2) is 0 Å². The van der Waals surface area contributed by atoms with Crippen molar-refractivity contribution < 1.29 is 18.0 Å². The van der Waals surface area contributed by atoms with Gasteiger partial charge in [-0.3, -0.25) is 9.59 Å². The summed E-state index contributed by atoms with van der Waals surface area (Å²) in [7, 11) is 0. The summed E-state index contributed by atoms with van der Waals surface area (Å²) in [5.74, 6) is -0.900. The molecule has 2 aromatic rings. The molecular formula is C15H18F3N3O2. The van der Waals surface area contributed by atoms with E-state index >= 15 is 0 Å². The number of aromatic nitrogens is 1. The fraction of sp³-hybridized carbons (Fsp3) is 0.333. The van der Waals surface area contributed by atoms with Crippen molar-refractivity contribution in [1.29, 1.82) is 0 Å². The highest BCUT2D eigenvalue weighted by Crippen LogP contribution is 2.16. The lowest BCUT2D eigenvalue weighted by Gasteiger charge is -2.10. The average Bonchev–Trinajstić information content (AvgIpc) is 2.49. The zero-order chi connectivity index (χ0) is 17.6. The Balaban J connectivity index is 0.00000127. The quantitative estimate of drug-likeness (QED) is 0.848. The molecule has 0 unspecified atom stereocenters. The van der Waals surface area contributed by atoms with Crippen LogP contribution in [0, 0.1) is 0 Å². The van der Waals surface area contributed by atoms with Crippen LogP contribution in [0.25, 0.3) is 10.8 Å². The molecule has 126 valence electrons. The first-order chi connectivity index (χ1) is 10.8. The van der Waals surface area contributed by atoms with Crippen molar-refractivity contribution in [2.75, 3.05) is 12.3 Å². The first kappa shape index (κ1) is 18.5. The van der Waals surface area contributed by atoms with Crippen LogP contribution in [-0.4, -0.2) is 23.2 Å². The fourth-order valence-electron chi connectivity index (χ4n) is 1.89. The number of benzene rings is 1. The van der Waals surface area contributed by atoms with Crippen LogP contribution in [0.5, 0.6) is 0 Å². The van der Waals surface area contributed by atoms with Gasteiger partial charge in [0.05, 0.1) is 5.39 Å². The van der Waals surface area contributed by atoms with Gasteiger partial charge in [-0.1, -0.05) is 26.0 Å². The standard InChI is InChI=1S/C13H12F3N3O2.C2H6/c14-13(15,16)7-18-10(20)6-19-5-4-8-2-1-3-9(17)11(8)12(19)21;1-2/h1-5H,6-7,17H2,(H,18,20);1-2H3. The minimum atomic E-state index is -4.49. The van der Waals surface area contributed by atoms with E-state index in [9.17, 15) is 22.8 Å². The third kappa shape index (κ3) is 5.01. The Morgan fingerprint density at radius 2 is 1.91 bits per heavy atom. The van der Waals surface area contributed by atoms with Crippen molar-refractivity contribution in [3.8, 4) is 0 Å². The number of nitrogens with zero attached hydrogens (tertiary/aromatic N) is 1. The van der Waals surface area contributed by atoms with Crippen LogP contribution in [-0.2, 0) is 11.3 Å². The number of alkyl halides is 3. The molecule has 0 aliphatic heterocycles. The predicted molar refractivity (Wildman–Crippen MR) is 83.0 cm³/mol. The summed E-state index contributed by atoms with van der Waals surface area (Å²) in [4.78, 5) is 23.6. The summed E-state index contributed by atoms with van der Waals surface area (Å²) < 4.78 is 37.0. The highest BCUT2D eigenvalue weighted by Gasteiger charge is 2.27. The number of carbonyl (C=O) groups is 1. The van der Waals surface area contributed by atoms with Crippen molar-refractivity contribution in [3.05, 3.63) is 40.8 Å². The van der Waals surface area contributed by atoms with E-state index in [1.807, 2.05) is 13.8 Å². The van der Waals surface area contributed by atoms with E-state index in [1.54, 1.807) is 23.5 Å². The number of nitrogens with two attached hydrogens (primary N) is 1. The Morgan fingerprint density at radius 1 is 1.26 bits per heavy atom. The van der Waals surface area contributed by atoms with E-state index in [4.69, 9.17) is 5.73 Å². The molecule has 0 bridgehead atoms. The fourth-order valence-corrected chi connectivity index (χ4v) is 1.89. The van der Waals surface area contributed by atoms with Crippen LogP contribution in [0.1, 0.15) is 13.8 Å². The summed E-state index contributed by atoms with van der Waals surface area (Å²) in [6, 6.07) is 6.47. The Morgan fingerprint density at radius 3 is 2.52 bits per heavy atom. The Labute approximate surface area is 130 Å². The van der Waals surface area contributed by atoms with Crippen LogP contribution in [0.4, 0.5) is 18.9 Å². The lowest BCUT2D eigenvalue weighted by atomic mass is 10.1. The summed E-state index contributed by atoms with van der Waals surface area (Å²) in [5, 5.41) is 2.55. The van der Waals surface area contributed by atoms with Crippen molar-refractivity contribution in [1.82, 2.24) is 9.88 Å². The number of amides is 1. The molecule has 2 rings (SSSR count). The van der Waals surface area contributed by atoms with Crippen molar-refractivity contribution in [2.24, 2.45) is 0 Å². The van der Waals surface area contributed by atoms with Crippen molar-refractivity contribution in [3.63, 3.8) is 0 Å². The van der Waals surface area contributed by atoms with E-state index < -0.39 is 30.7 Å². The highest BCUT2D eigenvalue weighted by molar-refractivity contribution is 5.92. The maximum absolute atomic E-state index is 12.2. The topological polar surface area (TPSA) is 77.1 Å². The maximum Gasteiger partial charge on any atom is 0.405 e. The molecule has 0 aliphatic rings. The minimum absolute atomic E-state index is 0.239. The third-order valence-electron chi connectivity index (χ3n) is 2.84. The first-order valence-electron chi connectivity index (χ1n) is 6.99. The SMILES string of the molecule is CC.Nc1cccc2ccn(CC(=O)NCC(F)(F)F)c(=O)c12. The average molecular weight is 329 g/mol. The van der Waals surface area contributed by atoms with Gasteiger partial charge in [0.1, 0.15) is 13.1 Å². The normalized spacial score (nSPS) is 10.8. The Hall–Kier alpha value is -2.51. The van der Waals surface area contributed by atoms with Gasteiger partial charge in [0.15, 0.2) is 0 Å². The summed E-state index contributed by atoms with van der Waals surface area (Å²) >= 11 is 0. The van der Waals surface area contributed by atoms with Gasteiger partial charge < -0.3 is 15.6 Å². The summed E-state index contributed by atoms with van der Waals surface area (Å²) in [5.41, 5.74) is 5.44. The second-order valence-corrected chi connectivity index (χ2v) is 4.45. The van der Waals surface area contributed by atoms with Crippen molar-refractivity contribution in [2.45, 2.75) is 26.6 Å². The number of nitrogen functional groups attached to an aromatic ring is 1. The van der Waals surface area contributed by atoms with E-state index in [0.29, 0.717) is 5.39 Å². The van der Waals surface area contributed by atoms with Crippen LogP contribution in [0.2, 0.25) is 0 Å². The van der Waals surface area contributed by atoms with Crippen LogP contribution in [0.15, 0.2) is 35.3 Å². The molecule has 23 heavy (non-hydrogen) atoms. The van der Waals surface area contributed by atoms with Crippen LogP contribution in [0.3, 0.4) is 0 Å². The molecule has 8 heteroatoms. The molecule has 1 aromatic carbocycles. The van der Waals surface area contributed by atoms with Crippen molar-refractivity contribution >= 4 is 22.4 Å². The van der Waals surface area contributed by atoms with E-state index in [2.05, 4.69) is 0 Å².